The fraction of sp³-hybridized carbons (Fsp3) is 0.286. The minimum absolute atomic E-state index is 0.227. The van der Waals surface area contributed by atoms with Gasteiger partial charge in [-0.2, -0.15) is 0 Å². The van der Waals surface area contributed by atoms with E-state index >= 15 is 0 Å². The smallest absolute Gasteiger partial charge is 0.256 e. The maximum Gasteiger partial charge on any atom is 0.256 e. The molecule has 2 aromatic carbocycles. The molecule has 1 amide bonds. The fourth-order valence-corrected chi connectivity index (χ4v) is 3.79. The second-order valence-corrected chi connectivity index (χ2v) is 7.34. The molecule has 0 atom stereocenters. The van der Waals surface area contributed by atoms with E-state index in [1.165, 1.54) is 24.5 Å². The third kappa shape index (κ3) is 4.16. The van der Waals surface area contributed by atoms with Crippen LogP contribution in [-0.2, 0) is 6.54 Å². The van der Waals surface area contributed by atoms with Crippen LogP contribution in [0.15, 0.2) is 42.7 Å². The number of hydrogen-bond donors (Lipinski definition) is 0. The van der Waals surface area contributed by atoms with Crippen molar-refractivity contribution in [3.05, 3.63) is 64.7 Å². The highest BCUT2D eigenvalue weighted by molar-refractivity contribution is 6.30. The zero-order valence-electron chi connectivity index (χ0n) is 15.9. The summed E-state index contributed by atoms with van der Waals surface area (Å²) in [4.78, 5) is 25.3. The quantitative estimate of drug-likeness (QED) is 0.655. The summed E-state index contributed by atoms with van der Waals surface area (Å²) in [6.07, 6.45) is 2.99. The van der Waals surface area contributed by atoms with E-state index in [4.69, 9.17) is 16.3 Å². The molecule has 0 bridgehead atoms. The summed E-state index contributed by atoms with van der Waals surface area (Å²) in [5.74, 6) is 0.0701. The molecule has 1 fully saturated rings. The molecular weight excluding hydrogens is 395 g/mol. The Balaban J connectivity index is 1.47. The Bertz CT molecular complexity index is 1050. The topological polar surface area (TPSA) is 58.6 Å². The molecule has 1 saturated heterocycles. The van der Waals surface area contributed by atoms with Crippen molar-refractivity contribution in [2.24, 2.45) is 0 Å². The van der Waals surface area contributed by atoms with Gasteiger partial charge in [0.1, 0.15) is 17.1 Å². The highest BCUT2D eigenvalue weighted by Crippen LogP contribution is 2.25. The lowest BCUT2D eigenvalue weighted by Crippen LogP contribution is -2.48. The van der Waals surface area contributed by atoms with Gasteiger partial charge in [0.05, 0.1) is 18.2 Å². The number of carbonyl (C=O) groups excluding carboxylic acids is 1. The molecule has 3 aromatic rings. The van der Waals surface area contributed by atoms with E-state index in [2.05, 4.69) is 14.9 Å². The van der Waals surface area contributed by atoms with E-state index in [-0.39, 0.29) is 11.5 Å². The number of halogens is 2. The van der Waals surface area contributed by atoms with Crippen molar-refractivity contribution in [3.63, 3.8) is 0 Å². The summed E-state index contributed by atoms with van der Waals surface area (Å²) in [7, 11) is 1.63. The van der Waals surface area contributed by atoms with Crippen LogP contribution in [0.3, 0.4) is 0 Å². The first kappa shape index (κ1) is 19.5. The summed E-state index contributed by atoms with van der Waals surface area (Å²) >= 11 is 6.12. The van der Waals surface area contributed by atoms with E-state index in [1.54, 1.807) is 18.1 Å². The van der Waals surface area contributed by atoms with Crippen LogP contribution >= 0.6 is 11.6 Å². The Morgan fingerprint density at radius 2 is 1.90 bits per heavy atom. The minimum atomic E-state index is -0.493. The third-order valence-electron chi connectivity index (χ3n) is 5.06. The normalized spacial score (nSPS) is 14.9. The summed E-state index contributed by atoms with van der Waals surface area (Å²) in [6, 6.07) is 8.08. The van der Waals surface area contributed by atoms with Crippen LogP contribution in [0.2, 0.25) is 5.02 Å². The van der Waals surface area contributed by atoms with Crippen molar-refractivity contribution >= 4 is 28.5 Å². The second-order valence-electron chi connectivity index (χ2n) is 6.90. The number of ether oxygens (including phenoxy) is 1. The second kappa shape index (κ2) is 8.31. The first-order valence-electron chi connectivity index (χ1n) is 9.29. The molecule has 1 aromatic heterocycles. The molecule has 4 rings (SSSR count). The van der Waals surface area contributed by atoms with Crippen molar-refractivity contribution in [1.82, 2.24) is 19.8 Å². The molecule has 29 heavy (non-hydrogen) atoms. The molecule has 0 radical (unpaired) electrons. The lowest BCUT2D eigenvalue weighted by molar-refractivity contribution is 0.0628. The van der Waals surface area contributed by atoms with E-state index in [0.29, 0.717) is 48.8 Å². The standard InChI is InChI=1S/C21H20ClFN4O2/c1-29-19-3-2-15(22)10-14(19)13-26-6-8-27(9-7-26)21(28)17-11-16(23)12-18-20(17)25-5-4-24-18/h2-5,10-12H,6-9,13H2,1H3. The van der Waals surface area contributed by atoms with Crippen LogP contribution in [0.25, 0.3) is 11.0 Å². The number of hydrogen-bond acceptors (Lipinski definition) is 5. The van der Waals surface area contributed by atoms with Gasteiger partial charge in [0, 0.05) is 61.8 Å². The molecule has 2 heterocycles. The van der Waals surface area contributed by atoms with Crippen molar-refractivity contribution in [2.45, 2.75) is 6.54 Å². The van der Waals surface area contributed by atoms with E-state index < -0.39 is 5.82 Å². The average molecular weight is 415 g/mol. The first-order chi connectivity index (χ1) is 14.0. The highest BCUT2D eigenvalue weighted by Gasteiger charge is 2.25. The van der Waals surface area contributed by atoms with E-state index in [9.17, 15) is 9.18 Å². The fourth-order valence-electron chi connectivity index (χ4n) is 3.59. The lowest BCUT2D eigenvalue weighted by atomic mass is 10.1. The number of nitrogens with zero attached hydrogens (tertiary/aromatic N) is 4. The van der Waals surface area contributed by atoms with Gasteiger partial charge in [-0.25, -0.2) is 4.39 Å². The Morgan fingerprint density at radius 1 is 1.14 bits per heavy atom. The van der Waals surface area contributed by atoms with Crippen LogP contribution in [0.5, 0.6) is 5.75 Å². The van der Waals surface area contributed by atoms with Gasteiger partial charge in [-0.05, 0) is 24.3 Å². The molecule has 8 heteroatoms. The van der Waals surface area contributed by atoms with E-state index in [0.717, 1.165) is 11.3 Å². The summed E-state index contributed by atoms with van der Waals surface area (Å²) in [6.45, 7) is 3.15. The number of piperazine rings is 1. The zero-order valence-corrected chi connectivity index (χ0v) is 16.7. The SMILES string of the molecule is COc1ccc(Cl)cc1CN1CCN(C(=O)c2cc(F)cc3nccnc23)CC1. The van der Waals surface area contributed by atoms with Crippen molar-refractivity contribution < 1.29 is 13.9 Å². The molecule has 0 spiro atoms. The molecule has 150 valence electrons. The van der Waals surface area contributed by atoms with Crippen LogP contribution in [0.1, 0.15) is 15.9 Å². The molecule has 6 nitrogen and oxygen atoms in total. The van der Waals surface area contributed by atoms with Crippen LogP contribution in [0, 0.1) is 5.82 Å². The predicted molar refractivity (Wildman–Crippen MR) is 109 cm³/mol. The van der Waals surface area contributed by atoms with Gasteiger partial charge in [-0.15, -0.1) is 0 Å². The lowest BCUT2D eigenvalue weighted by Gasteiger charge is -2.35. The largest absolute Gasteiger partial charge is 0.496 e. The molecule has 1 aliphatic heterocycles. The Hall–Kier alpha value is -2.77. The van der Waals surface area contributed by atoms with Crippen LogP contribution < -0.4 is 4.74 Å². The van der Waals surface area contributed by atoms with Crippen LogP contribution in [-0.4, -0.2) is 59.0 Å². The molecule has 0 aliphatic carbocycles. The molecular formula is C21H20ClFN4O2. The third-order valence-corrected chi connectivity index (χ3v) is 5.30. The molecule has 1 aliphatic rings. The number of aromatic nitrogens is 2. The number of amides is 1. The summed E-state index contributed by atoms with van der Waals surface area (Å²) < 4.78 is 19.4. The number of carbonyl (C=O) groups is 1. The number of methoxy groups -OCH3 is 1. The number of benzene rings is 2. The monoisotopic (exact) mass is 414 g/mol. The molecule has 0 saturated carbocycles. The zero-order chi connectivity index (χ0) is 20.4. The van der Waals surface area contributed by atoms with Gasteiger partial charge < -0.3 is 9.64 Å². The highest BCUT2D eigenvalue weighted by atomic mass is 35.5. The Kier molecular flexibility index (Phi) is 5.60. The van der Waals surface area contributed by atoms with Gasteiger partial charge >= 0.3 is 0 Å². The number of rotatable bonds is 4. The summed E-state index contributed by atoms with van der Waals surface area (Å²) in [5.41, 5.74) is 2.05. The van der Waals surface area contributed by atoms with E-state index in [1.807, 2.05) is 12.1 Å². The minimum Gasteiger partial charge on any atom is -0.496 e. The van der Waals surface area contributed by atoms with Gasteiger partial charge in [-0.1, -0.05) is 11.6 Å². The number of fused-ring (bicyclic) bond motifs is 1. The first-order valence-corrected chi connectivity index (χ1v) is 9.67. The van der Waals surface area contributed by atoms with Gasteiger partial charge in [-0.3, -0.25) is 19.7 Å². The molecule has 0 N–H and O–H groups in total. The summed E-state index contributed by atoms with van der Waals surface area (Å²) in [5, 5.41) is 0.661. The van der Waals surface area contributed by atoms with Crippen molar-refractivity contribution in [3.8, 4) is 5.75 Å². The van der Waals surface area contributed by atoms with Crippen LogP contribution in [0.4, 0.5) is 4.39 Å². The maximum atomic E-state index is 14.0. The van der Waals surface area contributed by atoms with Gasteiger partial charge in [0.2, 0.25) is 0 Å². The maximum absolute atomic E-state index is 14.0. The average Bonchev–Trinajstić information content (AvgIpc) is 2.73. The van der Waals surface area contributed by atoms with Crippen molar-refractivity contribution in [2.75, 3.05) is 33.3 Å². The van der Waals surface area contributed by atoms with Crippen molar-refractivity contribution in [1.29, 1.82) is 0 Å². The van der Waals surface area contributed by atoms with Gasteiger partial charge in [0.25, 0.3) is 5.91 Å². The van der Waals surface area contributed by atoms with Gasteiger partial charge in [0.15, 0.2) is 0 Å². The molecule has 0 unspecified atom stereocenters. The Morgan fingerprint density at radius 3 is 2.66 bits per heavy atom. The predicted octanol–water partition coefficient (Wildman–Crippen LogP) is 3.39. The Labute approximate surface area is 172 Å².